The van der Waals surface area contributed by atoms with Gasteiger partial charge in [0.25, 0.3) is 0 Å². The summed E-state index contributed by atoms with van der Waals surface area (Å²) >= 11 is 8.19. The molecule has 25 heavy (non-hydrogen) atoms. The summed E-state index contributed by atoms with van der Waals surface area (Å²) in [6, 6.07) is 1.75. The first-order valence-corrected chi connectivity index (χ1v) is 12.5. The number of hydrogen-bond acceptors (Lipinski definition) is 4. The molecule has 5 nitrogen and oxygen atoms in total. The van der Waals surface area contributed by atoms with Gasteiger partial charge in [0.15, 0.2) is 14.1 Å². The molecule has 0 amide bonds. The minimum Gasteiger partial charge on any atom is -0.409 e. The number of Topliss-reactive ketones (excluding diaryl/α,β-unsaturated/α-hetero) is 1. The molecule has 138 valence electrons. The number of fused-ring (bicyclic) bond motifs is 1. The molecule has 0 saturated carbocycles. The Bertz CT molecular complexity index is 812. The van der Waals surface area contributed by atoms with Crippen LogP contribution in [0.15, 0.2) is 12.3 Å². The van der Waals surface area contributed by atoms with Crippen LogP contribution in [0, 0.1) is 3.70 Å². The monoisotopic (exact) mass is 493 g/mol. The maximum atomic E-state index is 13.0. The fourth-order valence-electron chi connectivity index (χ4n) is 2.13. The van der Waals surface area contributed by atoms with Gasteiger partial charge in [0.1, 0.15) is 14.4 Å². The number of carbonyl (C=O) groups excluding carboxylic acids is 1. The van der Waals surface area contributed by atoms with E-state index in [0.29, 0.717) is 5.15 Å². The lowest BCUT2D eigenvalue weighted by Crippen LogP contribution is -2.46. The summed E-state index contributed by atoms with van der Waals surface area (Å²) in [7, 11) is -1.99. The molecular weight excluding hydrogens is 469 g/mol. The molecule has 0 spiro atoms. The number of nitrogens with zero attached hydrogens (tertiary/aromatic N) is 3. The number of rotatable bonds is 5. The highest BCUT2D eigenvalue weighted by Crippen LogP contribution is 2.37. The zero-order valence-electron chi connectivity index (χ0n) is 15.8. The molecule has 2 aromatic rings. The third-order valence-electron chi connectivity index (χ3n) is 5.07. The summed E-state index contributed by atoms with van der Waals surface area (Å²) in [6.45, 7) is 14.6. The zero-order chi connectivity index (χ0) is 19.2. The topological polar surface area (TPSA) is 57.0 Å². The number of carbonyl (C=O) groups is 1. The van der Waals surface area contributed by atoms with Crippen molar-refractivity contribution in [2.45, 2.75) is 58.3 Å². The van der Waals surface area contributed by atoms with Crippen LogP contribution in [0.4, 0.5) is 0 Å². The van der Waals surface area contributed by atoms with Gasteiger partial charge < -0.3 is 4.43 Å². The first kappa shape index (κ1) is 20.8. The molecule has 2 rings (SSSR count). The van der Waals surface area contributed by atoms with Gasteiger partial charge in [-0.15, -0.1) is 0 Å². The minimum atomic E-state index is -1.99. The van der Waals surface area contributed by atoms with E-state index in [1.165, 1.54) is 0 Å². The molecule has 0 N–H and O–H groups in total. The molecule has 0 fully saturated rings. The molecule has 0 atom stereocenters. The van der Waals surface area contributed by atoms with Gasteiger partial charge in [-0.3, -0.25) is 9.48 Å². The van der Waals surface area contributed by atoms with Gasteiger partial charge in [-0.25, -0.2) is 4.98 Å². The van der Waals surface area contributed by atoms with E-state index in [2.05, 4.69) is 66.5 Å². The van der Waals surface area contributed by atoms with Crippen molar-refractivity contribution in [3.8, 4) is 0 Å². The molecule has 0 bridgehead atoms. The normalized spacial score (nSPS) is 13.5. The predicted molar refractivity (Wildman–Crippen MR) is 113 cm³/mol. The van der Waals surface area contributed by atoms with E-state index in [9.17, 15) is 4.79 Å². The number of hydrogen-bond donors (Lipinski definition) is 0. The second-order valence-corrected chi connectivity index (χ2v) is 14.5. The zero-order valence-corrected chi connectivity index (χ0v) is 19.7. The Morgan fingerprint density at radius 1 is 1.32 bits per heavy atom. The van der Waals surface area contributed by atoms with Crippen LogP contribution in [-0.2, 0) is 14.8 Å². The fourth-order valence-corrected chi connectivity index (χ4v) is 3.84. The van der Waals surface area contributed by atoms with E-state index >= 15 is 0 Å². The molecular formula is C17H25ClIN3O2Si. The number of ketones is 1. The molecule has 2 aromatic heterocycles. The molecule has 0 aliphatic carbocycles. The summed E-state index contributed by atoms with van der Waals surface area (Å²) in [5.41, 5.74) is -0.0376. The molecule has 0 saturated heterocycles. The summed E-state index contributed by atoms with van der Waals surface area (Å²) in [6.07, 6.45) is 1.69. The predicted octanol–water partition coefficient (Wildman–Crippen LogP) is 5.02. The van der Waals surface area contributed by atoms with Crippen LogP contribution in [0.25, 0.3) is 10.9 Å². The Kier molecular flexibility index (Phi) is 5.74. The molecule has 0 aromatic carbocycles. The summed E-state index contributed by atoms with van der Waals surface area (Å²) in [4.78, 5) is 17.1. The van der Waals surface area contributed by atoms with Crippen molar-refractivity contribution in [2.24, 2.45) is 0 Å². The van der Waals surface area contributed by atoms with Crippen molar-refractivity contribution in [1.29, 1.82) is 0 Å². The van der Waals surface area contributed by atoms with Gasteiger partial charge in [0, 0.05) is 12.3 Å². The maximum Gasteiger partial charge on any atom is 0.192 e. The van der Waals surface area contributed by atoms with Crippen LogP contribution < -0.4 is 0 Å². The van der Waals surface area contributed by atoms with E-state index in [1.807, 2.05) is 13.8 Å². The highest BCUT2D eigenvalue weighted by molar-refractivity contribution is 14.1. The molecule has 0 aliphatic heterocycles. The van der Waals surface area contributed by atoms with Gasteiger partial charge in [-0.1, -0.05) is 32.4 Å². The van der Waals surface area contributed by atoms with Crippen molar-refractivity contribution in [1.82, 2.24) is 14.8 Å². The van der Waals surface area contributed by atoms with E-state index in [-0.39, 0.29) is 17.4 Å². The quantitative estimate of drug-likeness (QED) is 0.333. The highest BCUT2D eigenvalue weighted by Gasteiger charge is 2.40. The molecule has 0 radical (unpaired) electrons. The molecule has 2 heterocycles. The van der Waals surface area contributed by atoms with Crippen LogP contribution in [-0.4, -0.2) is 35.5 Å². The van der Waals surface area contributed by atoms with Gasteiger partial charge in [-0.2, -0.15) is 5.10 Å². The minimum absolute atomic E-state index is 0.00828. The summed E-state index contributed by atoms with van der Waals surface area (Å²) < 4.78 is 8.64. The first-order chi connectivity index (χ1) is 11.3. The van der Waals surface area contributed by atoms with E-state index < -0.39 is 13.9 Å². The average Bonchev–Trinajstić information content (AvgIpc) is 2.80. The Morgan fingerprint density at radius 2 is 1.92 bits per heavy atom. The van der Waals surface area contributed by atoms with Crippen molar-refractivity contribution in [3.05, 3.63) is 21.1 Å². The van der Waals surface area contributed by atoms with Crippen LogP contribution in [0.3, 0.4) is 0 Å². The Labute approximate surface area is 168 Å². The first-order valence-electron chi connectivity index (χ1n) is 8.15. The van der Waals surface area contributed by atoms with Gasteiger partial charge in [-0.05, 0) is 54.6 Å². The smallest absolute Gasteiger partial charge is 0.192 e. The van der Waals surface area contributed by atoms with E-state index in [4.69, 9.17) is 16.0 Å². The largest absolute Gasteiger partial charge is 0.409 e. The van der Waals surface area contributed by atoms with Crippen molar-refractivity contribution in [3.63, 3.8) is 0 Å². The second-order valence-electron chi connectivity index (χ2n) is 8.26. The second kappa shape index (κ2) is 6.90. The van der Waals surface area contributed by atoms with Crippen LogP contribution in [0.2, 0.25) is 23.3 Å². The summed E-state index contributed by atoms with van der Waals surface area (Å²) in [5, 5.41) is 5.88. The SMILES string of the molecule is CC(C)(C(=O)CO[Si](C)(C)C(C)(C)C)n1nc(I)c2cnc(Cl)cc21. The standard InChI is InChI=1S/C17H25ClIN3O2Si/c1-16(2,3)25(6,7)24-10-13(23)17(4,5)22-12-8-14(18)20-9-11(12)15(19)21-22/h8-9H,10H2,1-7H3. The number of halogens is 2. The van der Waals surface area contributed by atoms with Crippen LogP contribution in [0.5, 0.6) is 0 Å². The Morgan fingerprint density at radius 3 is 2.48 bits per heavy atom. The number of aromatic nitrogens is 3. The van der Waals surface area contributed by atoms with E-state index in [1.54, 1.807) is 16.9 Å². The van der Waals surface area contributed by atoms with Crippen molar-refractivity contribution < 1.29 is 9.22 Å². The molecule has 0 aliphatic rings. The van der Waals surface area contributed by atoms with Crippen LogP contribution in [0.1, 0.15) is 34.6 Å². The van der Waals surface area contributed by atoms with Crippen molar-refractivity contribution in [2.75, 3.05) is 6.61 Å². The van der Waals surface area contributed by atoms with Gasteiger partial charge in [0.2, 0.25) is 0 Å². The fraction of sp³-hybridized carbons (Fsp3) is 0.588. The maximum absolute atomic E-state index is 13.0. The molecule has 8 heteroatoms. The highest BCUT2D eigenvalue weighted by atomic mass is 127. The Hall–Kier alpha value is -0.513. The van der Waals surface area contributed by atoms with Crippen LogP contribution >= 0.6 is 34.2 Å². The van der Waals surface area contributed by atoms with Gasteiger partial charge >= 0.3 is 0 Å². The number of pyridine rings is 1. The third kappa shape index (κ3) is 4.09. The lowest BCUT2D eigenvalue weighted by molar-refractivity contribution is -0.128. The summed E-state index contributed by atoms with van der Waals surface area (Å²) in [5.74, 6) is -0.00828. The van der Waals surface area contributed by atoms with Crippen molar-refractivity contribution >= 4 is 59.2 Å². The lowest BCUT2D eigenvalue weighted by atomic mass is 10.00. The Balaban J connectivity index is 2.33. The average molecular weight is 494 g/mol. The van der Waals surface area contributed by atoms with E-state index in [0.717, 1.165) is 14.6 Å². The lowest BCUT2D eigenvalue weighted by Gasteiger charge is -2.37. The third-order valence-corrected chi connectivity index (χ3v) is 10.6. The van der Waals surface area contributed by atoms with Gasteiger partial charge in [0.05, 0.1) is 17.5 Å². The molecule has 0 unspecified atom stereocenters.